The Morgan fingerprint density at radius 2 is 1.93 bits per heavy atom. The monoisotopic (exact) mass is 265 g/mol. The van der Waals surface area contributed by atoms with Crippen LogP contribution >= 0.6 is 36.6 Å². The number of halogens is 2. The number of nitrogens with two attached hydrogens (primary N) is 1. The summed E-state index contributed by atoms with van der Waals surface area (Å²) in [5, 5.41) is 8.27. The van der Waals surface area contributed by atoms with Gasteiger partial charge in [0.15, 0.2) is 5.17 Å². The first kappa shape index (κ1) is 14.4. The molecule has 3 N–H and O–H groups in total. The standard InChI is InChI=1S/C9H11N3S.2ClH/c10-7-3-1-2-4-8(7)12-5-6-13-9(12)11;;/h1-4,11H,5-6,10H2;2*1H. The van der Waals surface area contributed by atoms with Crippen molar-refractivity contribution in [2.75, 3.05) is 22.9 Å². The van der Waals surface area contributed by atoms with Crippen LogP contribution in [0.4, 0.5) is 11.4 Å². The van der Waals surface area contributed by atoms with Crippen LogP contribution in [0.2, 0.25) is 0 Å². The molecule has 3 nitrogen and oxygen atoms in total. The molecule has 0 aromatic heterocycles. The summed E-state index contributed by atoms with van der Waals surface area (Å²) in [6.07, 6.45) is 0. The number of anilines is 2. The van der Waals surface area contributed by atoms with Crippen molar-refractivity contribution in [2.24, 2.45) is 0 Å². The molecule has 1 aliphatic heterocycles. The van der Waals surface area contributed by atoms with Crippen molar-refractivity contribution in [2.45, 2.75) is 0 Å². The van der Waals surface area contributed by atoms with E-state index in [2.05, 4.69) is 0 Å². The molecule has 0 atom stereocenters. The fourth-order valence-corrected chi connectivity index (χ4v) is 2.19. The largest absolute Gasteiger partial charge is 0.397 e. The summed E-state index contributed by atoms with van der Waals surface area (Å²) in [6, 6.07) is 7.68. The number of hydrogen-bond donors (Lipinski definition) is 2. The lowest BCUT2D eigenvalue weighted by atomic mass is 10.2. The van der Waals surface area contributed by atoms with Gasteiger partial charge in [0.05, 0.1) is 11.4 Å². The van der Waals surface area contributed by atoms with E-state index >= 15 is 0 Å². The van der Waals surface area contributed by atoms with E-state index < -0.39 is 0 Å². The molecule has 0 radical (unpaired) electrons. The molecule has 0 saturated carbocycles. The van der Waals surface area contributed by atoms with Gasteiger partial charge in [-0.1, -0.05) is 23.9 Å². The Morgan fingerprint density at radius 1 is 1.27 bits per heavy atom. The minimum absolute atomic E-state index is 0. The van der Waals surface area contributed by atoms with E-state index in [0.29, 0.717) is 5.17 Å². The zero-order chi connectivity index (χ0) is 9.26. The SMILES string of the molecule is Cl.Cl.N=C1SCCN1c1ccccc1N. The maximum atomic E-state index is 7.67. The van der Waals surface area contributed by atoms with E-state index in [1.165, 1.54) is 0 Å². The molecule has 0 amide bonds. The number of para-hydroxylation sites is 2. The van der Waals surface area contributed by atoms with Crippen LogP contribution in [0.5, 0.6) is 0 Å². The van der Waals surface area contributed by atoms with Crippen molar-refractivity contribution in [1.29, 1.82) is 5.41 Å². The predicted molar refractivity (Wildman–Crippen MR) is 72.9 cm³/mol. The highest BCUT2D eigenvalue weighted by atomic mass is 35.5. The summed E-state index contributed by atoms with van der Waals surface area (Å²) in [7, 11) is 0. The van der Waals surface area contributed by atoms with E-state index in [4.69, 9.17) is 11.1 Å². The Labute approximate surface area is 106 Å². The minimum atomic E-state index is 0. The van der Waals surface area contributed by atoms with Crippen LogP contribution in [0, 0.1) is 5.41 Å². The van der Waals surface area contributed by atoms with Crippen LogP contribution in [0.25, 0.3) is 0 Å². The molecule has 1 saturated heterocycles. The normalized spacial score (nSPS) is 14.4. The van der Waals surface area contributed by atoms with E-state index in [1.807, 2.05) is 29.2 Å². The average Bonchev–Trinajstić information content (AvgIpc) is 2.52. The van der Waals surface area contributed by atoms with Gasteiger partial charge in [-0.2, -0.15) is 0 Å². The Morgan fingerprint density at radius 3 is 2.47 bits per heavy atom. The third-order valence-corrected chi connectivity index (χ3v) is 2.91. The van der Waals surface area contributed by atoms with E-state index in [0.717, 1.165) is 23.7 Å². The Balaban J connectivity index is 0.000000980. The maximum absolute atomic E-state index is 7.67. The highest BCUT2D eigenvalue weighted by molar-refractivity contribution is 8.14. The number of nitrogen functional groups attached to an aromatic ring is 1. The maximum Gasteiger partial charge on any atom is 0.161 e. The van der Waals surface area contributed by atoms with Crippen LogP contribution in [-0.2, 0) is 0 Å². The lowest BCUT2D eigenvalue weighted by Gasteiger charge is -2.18. The van der Waals surface area contributed by atoms with Gasteiger partial charge < -0.3 is 10.6 Å². The highest BCUT2D eigenvalue weighted by Crippen LogP contribution is 2.28. The summed E-state index contributed by atoms with van der Waals surface area (Å²) in [5.41, 5.74) is 7.52. The van der Waals surface area contributed by atoms with Gasteiger partial charge in [-0.25, -0.2) is 0 Å². The quantitative estimate of drug-likeness (QED) is 0.768. The minimum Gasteiger partial charge on any atom is -0.397 e. The average molecular weight is 266 g/mol. The molecule has 0 aliphatic carbocycles. The van der Waals surface area contributed by atoms with Gasteiger partial charge >= 0.3 is 0 Å². The van der Waals surface area contributed by atoms with Crippen LogP contribution in [0.3, 0.4) is 0 Å². The number of amidine groups is 1. The van der Waals surface area contributed by atoms with Gasteiger partial charge in [-0.05, 0) is 12.1 Å². The molecule has 1 aromatic carbocycles. The molecule has 1 fully saturated rings. The second-order valence-corrected chi connectivity index (χ2v) is 3.95. The Hall–Kier alpha value is -0.580. The molecule has 0 bridgehead atoms. The van der Waals surface area contributed by atoms with E-state index in [-0.39, 0.29) is 24.8 Å². The lowest BCUT2D eigenvalue weighted by molar-refractivity contribution is 1.10. The zero-order valence-electron chi connectivity index (χ0n) is 7.97. The number of hydrogen-bond acceptors (Lipinski definition) is 3. The molecule has 1 aromatic rings. The van der Waals surface area contributed by atoms with Gasteiger partial charge in [0.25, 0.3) is 0 Å². The Bertz CT molecular complexity index is 346. The lowest BCUT2D eigenvalue weighted by Crippen LogP contribution is -2.23. The molecule has 6 heteroatoms. The molecule has 0 spiro atoms. The third kappa shape index (κ3) is 2.93. The molecule has 84 valence electrons. The van der Waals surface area contributed by atoms with Gasteiger partial charge in [0.2, 0.25) is 0 Å². The van der Waals surface area contributed by atoms with Crippen molar-refractivity contribution in [3.8, 4) is 0 Å². The smallest absolute Gasteiger partial charge is 0.161 e. The fourth-order valence-electron chi connectivity index (χ4n) is 1.38. The molecular formula is C9H13Cl2N3S. The fraction of sp³-hybridized carbons (Fsp3) is 0.222. The topological polar surface area (TPSA) is 53.1 Å². The number of benzene rings is 1. The number of nitrogens with zero attached hydrogens (tertiary/aromatic N) is 1. The first-order valence-electron chi connectivity index (χ1n) is 4.12. The summed E-state index contributed by atoms with van der Waals surface area (Å²) < 4.78 is 0. The first-order chi connectivity index (χ1) is 6.29. The second-order valence-electron chi connectivity index (χ2n) is 2.86. The van der Waals surface area contributed by atoms with Crippen molar-refractivity contribution in [3.05, 3.63) is 24.3 Å². The molecule has 1 aliphatic rings. The van der Waals surface area contributed by atoms with Gasteiger partial charge in [-0.15, -0.1) is 24.8 Å². The van der Waals surface area contributed by atoms with E-state index in [1.54, 1.807) is 11.8 Å². The van der Waals surface area contributed by atoms with Crippen LogP contribution < -0.4 is 10.6 Å². The molecule has 1 heterocycles. The summed E-state index contributed by atoms with van der Waals surface area (Å²) >= 11 is 1.56. The van der Waals surface area contributed by atoms with Crippen molar-refractivity contribution >= 4 is 53.1 Å². The highest BCUT2D eigenvalue weighted by Gasteiger charge is 2.20. The van der Waals surface area contributed by atoms with Crippen molar-refractivity contribution in [3.63, 3.8) is 0 Å². The first-order valence-corrected chi connectivity index (χ1v) is 5.11. The molecule has 2 rings (SSSR count). The van der Waals surface area contributed by atoms with Gasteiger partial charge in [-0.3, -0.25) is 5.41 Å². The number of thioether (sulfide) groups is 1. The van der Waals surface area contributed by atoms with Gasteiger partial charge in [0.1, 0.15) is 0 Å². The summed E-state index contributed by atoms with van der Waals surface area (Å²) in [4.78, 5) is 1.94. The summed E-state index contributed by atoms with van der Waals surface area (Å²) in [6.45, 7) is 0.887. The van der Waals surface area contributed by atoms with Crippen molar-refractivity contribution < 1.29 is 0 Å². The molecule has 0 unspecified atom stereocenters. The Kier molecular flexibility index (Phi) is 5.87. The van der Waals surface area contributed by atoms with Gasteiger partial charge in [0, 0.05) is 12.3 Å². The zero-order valence-corrected chi connectivity index (χ0v) is 10.4. The van der Waals surface area contributed by atoms with E-state index in [9.17, 15) is 0 Å². The predicted octanol–water partition coefficient (Wildman–Crippen LogP) is 2.60. The molecule has 15 heavy (non-hydrogen) atoms. The third-order valence-electron chi connectivity index (χ3n) is 2.03. The van der Waals surface area contributed by atoms with Crippen LogP contribution in [0.1, 0.15) is 0 Å². The second kappa shape index (κ2) is 6.10. The summed E-state index contributed by atoms with van der Waals surface area (Å²) in [5.74, 6) is 0.979. The molecular weight excluding hydrogens is 253 g/mol. The number of nitrogens with one attached hydrogen (secondary N) is 1. The van der Waals surface area contributed by atoms with Crippen LogP contribution in [0.15, 0.2) is 24.3 Å². The van der Waals surface area contributed by atoms with Crippen molar-refractivity contribution in [1.82, 2.24) is 0 Å². The number of rotatable bonds is 1. The van der Waals surface area contributed by atoms with Crippen LogP contribution in [-0.4, -0.2) is 17.5 Å².